The number of hydrogen-bond acceptors (Lipinski definition) is 5. The maximum absolute atomic E-state index is 13.9. The fourth-order valence-electron chi connectivity index (χ4n) is 3.81. The van der Waals surface area contributed by atoms with Crippen LogP contribution in [0.5, 0.6) is 11.5 Å². The SMILES string of the molecule is CCCCCN1C(=O)C(=O)/C(=C(/O)c2cc(F)ccc2OC)C1c1cccc(OC)c1. The van der Waals surface area contributed by atoms with Crippen molar-refractivity contribution in [3.05, 3.63) is 65.0 Å². The number of ketones is 1. The molecule has 0 spiro atoms. The maximum atomic E-state index is 13.9. The second-order valence-electron chi connectivity index (χ2n) is 7.32. The van der Waals surface area contributed by atoms with Crippen molar-refractivity contribution in [1.29, 1.82) is 0 Å². The average Bonchev–Trinajstić information content (AvgIpc) is 3.03. The Labute approximate surface area is 180 Å². The summed E-state index contributed by atoms with van der Waals surface area (Å²) in [4.78, 5) is 27.4. The molecule has 0 bridgehead atoms. The van der Waals surface area contributed by atoms with Crippen LogP contribution in [0.1, 0.15) is 43.4 Å². The molecule has 164 valence electrons. The van der Waals surface area contributed by atoms with Crippen molar-refractivity contribution in [2.24, 2.45) is 0 Å². The molecule has 2 aromatic carbocycles. The third-order valence-corrected chi connectivity index (χ3v) is 5.37. The fourth-order valence-corrected chi connectivity index (χ4v) is 3.81. The van der Waals surface area contributed by atoms with Crippen LogP contribution in [0, 0.1) is 5.82 Å². The van der Waals surface area contributed by atoms with Crippen molar-refractivity contribution in [3.63, 3.8) is 0 Å². The second-order valence-corrected chi connectivity index (χ2v) is 7.32. The number of aliphatic hydroxyl groups is 1. The molecular weight excluding hydrogens is 401 g/mol. The summed E-state index contributed by atoms with van der Waals surface area (Å²) in [5.74, 6) is -1.83. The molecule has 0 aromatic heterocycles. The number of methoxy groups -OCH3 is 2. The number of Topliss-reactive ketones (excluding diaryl/α,β-unsaturated/α-hetero) is 1. The molecule has 1 unspecified atom stereocenters. The maximum Gasteiger partial charge on any atom is 0.295 e. The van der Waals surface area contributed by atoms with Crippen molar-refractivity contribution in [2.75, 3.05) is 20.8 Å². The number of likely N-dealkylation sites (tertiary alicyclic amines) is 1. The highest BCUT2D eigenvalue weighted by atomic mass is 19.1. The molecule has 1 aliphatic heterocycles. The minimum Gasteiger partial charge on any atom is -0.507 e. The average molecular weight is 427 g/mol. The molecule has 3 rings (SSSR count). The quantitative estimate of drug-likeness (QED) is 0.291. The first kappa shape index (κ1) is 22.3. The Morgan fingerprint density at radius 1 is 1.10 bits per heavy atom. The van der Waals surface area contributed by atoms with Gasteiger partial charge in [0.05, 0.1) is 31.4 Å². The minimum atomic E-state index is -0.820. The van der Waals surface area contributed by atoms with Crippen LogP contribution in [-0.2, 0) is 9.59 Å². The van der Waals surface area contributed by atoms with E-state index in [1.807, 2.05) is 6.92 Å². The summed E-state index contributed by atoms with van der Waals surface area (Å²) in [6.45, 7) is 2.40. The lowest BCUT2D eigenvalue weighted by Crippen LogP contribution is -2.30. The third kappa shape index (κ3) is 4.40. The molecule has 0 radical (unpaired) electrons. The fraction of sp³-hybridized carbons (Fsp3) is 0.333. The van der Waals surface area contributed by atoms with Gasteiger partial charge in [0.15, 0.2) is 0 Å². The van der Waals surface area contributed by atoms with E-state index in [0.717, 1.165) is 18.9 Å². The molecule has 2 aromatic rings. The van der Waals surface area contributed by atoms with Gasteiger partial charge in [0.25, 0.3) is 11.7 Å². The van der Waals surface area contributed by atoms with Crippen LogP contribution in [0.2, 0.25) is 0 Å². The van der Waals surface area contributed by atoms with E-state index in [9.17, 15) is 19.1 Å². The topological polar surface area (TPSA) is 76.1 Å². The normalized spacial score (nSPS) is 17.8. The standard InChI is InChI=1S/C24H26FNO5/c1-4-5-6-12-26-21(15-8-7-9-17(13-15)30-2)20(23(28)24(26)29)22(27)18-14-16(25)10-11-19(18)31-3/h7-11,13-14,21,27H,4-6,12H2,1-3H3/b22-20+. The molecule has 1 aliphatic rings. The molecule has 1 heterocycles. The summed E-state index contributed by atoms with van der Waals surface area (Å²) in [5.41, 5.74) is 0.535. The van der Waals surface area contributed by atoms with Crippen LogP contribution in [0.15, 0.2) is 48.0 Å². The van der Waals surface area contributed by atoms with Gasteiger partial charge in [-0.2, -0.15) is 0 Å². The van der Waals surface area contributed by atoms with E-state index in [0.29, 0.717) is 24.3 Å². The van der Waals surface area contributed by atoms with Gasteiger partial charge < -0.3 is 19.5 Å². The number of benzene rings is 2. The Bertz CT molecular complexity index is 1020. The van der Waals surface area contributed by atoms with E-state index in [1.165, 1.54) is 31.3 Å². The number of halogens is 1. The molecule has 0 saturated carbocycles. The summed E-state index contributed by atoms with van der Waals surface area (Å²) >= 11 is 0. The van der Waals surface area contributed by atoms with Crippen LogP contribution in [0.25, 0.3) is 5.76 Å². The number of carbonyl (C=O) groups excluding carboxylic acids is 2. The van der Waals surface area contributed by atoms with Gasteiger partial charge in [0, 0.05) is 6.54 Å². The molecule has 6 nitrogen and oxygen atoms in total. The molecule has 31 heavy (non-hydrogen) atoms. The first-order valence-electron chi connectivity index (χ1n) is 10.2. The predicted octanol–water partition coefficient (Wildman–Crippen LogP) is 4.45. The number of unbranched alkanes of at least 4 members (excludes halogenated alkanes) is 2. The zero-order valence-electron chi connectivity index (χ0n) is 17.9. The van der Waals surface area contributed by atoms with Crippen LogP contribution < -0.4 is 9.47 Å². The zero-order chi connectivity index (χ0) is 22.5. The van der Waals surface area contributed by atoms with Crippen molar-refractivity contribution < 1.29 is 28.6 Å². The van der Waals surface area contributed by atoms with Crippen molar-refractivity contribution >= 4 is 17.4 Å². The zero-order valence-corrected chi connectivity index (χ0v) is 17.9. The second kappa shape index (κ2) is 9.64. The third-order valence-electron chi connectivity index (χ3n) is 5.37. The smallest absolute Gasteiger partial charge is 0.295 e. The van der Waals surface area contributed by atoms with Gasteiger partial charge in [-0.25, -0.2) is 4.39 Å². The lowest BCUT2D eigenvalue weighted by molar-refractivity contribution is -0.139. The largest absolute Gasteiger partial charge is 0.507 e. The van der Waals surface area contributed by atoms with Gasteiger partial charge in [-0.15, -0.1) is 0 Å². The number of rotatable bonds is 8. The van der Waals surface area contributed by atoms with Crippen molar-refractivity contribution in [2.45, 2.75) is 32.2 Å². The number of carbonyl (C=O) groups is 2. The summed E-state index contributed by atoms with van der Waals surface area (Å²) < 4.78 is 24.5. The Balaban J connectivity index is 2.20. The number of amides is 1. The lowest BCUT2D eigenvalue weighted by Gasteiger charge is -2.25. The van der Waals surface area contributed by atoms with Crippen LogP contribution >= 0.6 is 0 Å². The molecule has 1 saturated heterocycles. The van der Waals surface area contributed by atoms with E-state index in [2.05, 4.69) is 0 Å². The highest BCUT2D eigenvalue weighted by Gasteiger charge is 2.46. The van der Waals surface area contributed by atoms with E-state index >= 15 is 0 Å². The van der Waals surface area contributed by atoms with Gasteiger partial charge >= 0.3 is 0 Å². The summed E-state index contributed by atoms with van der Waals surface area (Å²) in [6.07, 6.45) is 2.56. The first-order valence-corrected chi connectivity index (χ1v) is 10.2. The number of aliphatic hydroxyl groups excluding tert-OH is 1. The summed E-state index contributed by atoms with van der Waals surface area (Å²) in [5, 5.41) is 11.1. The van der Waals surface area contributed by atoms with E-state index in [4.69, 9.17) is 9.47 Å². The Morgan fingerprint density at radius 2 is 1.87 bits per heavy atom. The molecular formula is C24H26FNO5. The van der Waals surface area contributed by atoms with Crippen molar-refractivity contribution in [3.8, 4) is 11.5 Å². The summed E-state index contributed by atoms with van der Waals surface area (Å²) in [7, 11) is 2.90. The van der Waals surface area contributed by atoms with Gasteiger partial charge in [-0.3, -0.25) is 9.59 Å². The van der Waals surface area contributed by atoms with E-state index in [-0.39, 0.29) is 16.9 Å². The van der Waals surface area contributed by atoms with E-state index < -0.39 is 29.3 Å². The van der Waals surface area contributed by atoms with Crippen LogP contribution in [0.3, 0.4) is 0 Å². The molecule has 1 amide bonds. The number of nitrogens with zero attached hydrogens (tertiary/aromatic N) is 1. The predicted molar refractivity (Wildman–Crippen MR) is 114 cm³/mol. The van der Waals surface area contributed by atoms with Gasteiger partial charge in [-0.05, 0) is 42.3 Å². The summed E-state index contributed by atoms with van der Waals surface area (Å²) in [6, 6.07) is 9.81. The molecule has 1 N–H and O–H groups in total. The Hall–Kier alpha value is -3.35. The van der Waals surface area contributed by atoms with Crippen molar-refractivity contribution in [1.82, 2.24) is 4.90 Å². The molecule has 1 fully saturated rings. The number of hydrogen-bond donors (Lipinski definition) is 1. The minimum absolute atomic E-state index is 0.0157. The van der Waals surface area contributed by atoms with Gasteiger partial charge in [0.1, 0.15) is 23.1 Å². The first-order chi connectivity index (χ1) is 14.9. The molecule has 1 atom stereocenters. The monoisotopic (exact) mass is 427 g/mol. The highest BCUT2D eigenvalue weighted by Crippen LogP contribution is 2.41. The van der Waals surface area contributed by atoms with Gasteiger partial charge in [0.2, 0.25) is 0 Å². The highest BCUT2D eigenvalue weighted by molar-refractivity contribution is 6.46. The van der Waals surface area contributed by atoms with Crippen LogP contribution in [0.4, 0.5) is 4.39 Å². The Kier molecular flexibility index (Phi) is 6.95. The van der Waals surface area contributed by atoms with E-state index in [1.54, 1.807) is 24.3 Å². The number of ether oxygens (including phenoxy) is 2. The molecule has 7 heteroatoms. The Morgan fingerprint density at radius 3 is 2.55 bits per heavy atom. The van der Waals surface area contributed by atoms with Crippen LogP contribution in [-0.4, -0.2) is 42.5 Å². The lowest BCUT2D eigenvalue weighted by atomic mass is 9.94. The molecule has 0 aliphatic carbocycles. The van der Waals surface area contributed by atoms with Gasteiger partial charge in [-0.1, -0.05) is 31.9 Å².